The van der Waals surface area contributed by atoms with Gasteiger partial charge in [0.25, 0.3) is 0 Å². The summed E-state index contributed by atoms with van der Waals surface area (Å²) >= 11 is 0. The van der Waals surface area contributed by atoms with Crippen molar-refractivity contribution >= 4 is 5.97 Å². The summed E-state index contributed by atoms with van der Waals surface area (Å²) in [6, 6.07) is 8.97. The highest BCUT2D eigenvalue weighted by Gasteiger charge is 2.17. The van der Waals surface area contributed by atoms with E-state index in [1.165, 1.54) is 0 Å². The van der Waals surface area contributed by atoms with E-state index in [1.54, 1.807) is 13.1 Å². The average molecular weight is 260 g/mol. The van der Waals surface area contributed by atoms with Crippen molar-refractivity contribution in [2.45, 2.75) is 19.4 Å². The molecule has 2 N–H and O–H groups in total. The molecule has 1 unspecified atom stereocenters. The van der Waals surface area contributed by atoms with E-state index in [0.29, 0.717) is 18.3 Å². The molecule has 0 amide bonds. The summed E-state index contributed by atoms with van der Waals surface area (Å²) in [6.45, 7) is 2.10. The topological polar surface area (TPSA) is 78.4 Å². The molecular formula is C14H16N2O3. The van der Waals surface area contributed by atoms with E-state index in [9.17, 15) is 4.79 Å². The highest BCUT2D eigenvalue weighted by molar-refractivity contribution is 5.70. The van der Waals surface area contributed by atoms with Gasteiger partial charge in [0.2, 0.25) is 5.89 Å². The Morgan fingerprint density at radius 3 is 2.84 bits per heavy atom. The fourth-order valence-corrected chi connectivity index (χ4v) is 1.67. The zero-order valence-corrected chi connectivity index (χ0v) is 10.7. The molecule has 0 spiro atoms. The van der Waals surface area contributed by atoms with Gasteiger partial charge in [-0.15, -0.1) is 0 Å². The Bertz CT molecular complexity index is 537. The predicted molar refractivity (Wildman–Crippen MR) is 70.1 cm³/mol. The fraction of sp³-hybridized carbons (Fsp3) is 0.286. The average Bonchev–Trinajstić information content (AvgIpc) is 2.89. The summed E-state index contributed by atoms with van der Waals surface area (Å²) in [4.78, 5) is 15.5. The molecule has 100 valence electrons. The highest BCUT2D eigenvalue weighted by atomic mass is 16.5. The molecule has 0 radical (unpaired) electrons. The number of ether oxygens (including phenoxy) is 1. The molecule has 2 rings (SSSR count). The van der Waals surface area contributed by atoms with Gasteiger partial charge in [0.1, 0.15) is 5.76 Å². The van der Waals surface area contributed by atoms with Gasteiger partial charge in [-0.3, -0.25) is 4.79 Å². The maximum Gasteiger partial charge on any atom is 0.307 e. The first kappa shape index (κ1) is 13.3. The second kappa shape index (κ2) is 6.15. The molecule has 0 saturated heterocycles. The fourth-order valence-electron chi connectivity index (χ4n) is 1.67. The Balaban J connectivity index is 2.07. The quantitative estimate of drug-likeness (QED) is 0.834. The van der Waals surface area contributed by atoms with Gasteiger partial charge >= 0.3 is 5.97 Å². The summed E-state index contributed by atoms with van der Waals surface area (Å²) < 4.78 is 10.4. The number of benzene rings is 1. The third-order valence-corrected chi connectivity index (χ3v) is 2.60. The van der Waals surface area contributed by atoms with Gasteiger partial charge in [-0.25, -0.2) is 4.98 Å². The molecule has 0 bridgehead atoms. The molecule has 0 aliphatic rings. The molecule has 1 atom stereocenters. The molecule has 0 saturated carbocycles. The number of aromatic nitrogens is 1. The van der Waals surface area contributed by atoms with Crippen molar-refractivity contribution < 1.29 is 13.9 Å². The van der Waals surface area contributed by atoms with Gasteiger partial charge in [-0.2, -0.15) is 0 Å². The number of nitrogens with zero attached hydrogens (tertiary/aromatic N) is 1. The second-order valence-electron chi connectivity index (χ2n) is 4.05. The van der Waals surface area contributed by atoms with Crippen molar-refractivity contribution in [3.63, 3.8) is 0 Å². The van der Waals surface area contributed by atoms with Gasteiger partial charge < -0.3 is 14.9 Å². The number of esters is 1. The van der Waals surface area contributed by atoms with E-state index < -0.39 is 6.04 Å². The van der Waals surface area contributed by atoms with Crippen LogP contribution in [0.4, 0.5) is 0 Å². The van der Waals surface area contributed by atoms with E-state index >= 15 is 0 Å². The molecule has 1 aromatic carbocycles. The zero-order chi connectivity index (χ0) is 13.7. The molecule has 1 aromatic heterocycles. The van der Waals surface area contributed by atoms with Crippen LogP contribution in [0.2, 0.25) is 0 Å². The van der Waals surface area contributed by atoms with Gasteiger partial charge in [-0.05, 0) is 19.1 Å². The van der Waals surface area contributed by atoms with Gasteiger partial charge in [0, 0.05) is 5.56 Å². The molecule has 0 fully saturated rings. The van der Waals surface area contributed by atoms with Crippen LogP contribution in [0.25, 0.3) is 11.5 Å². The third-order valence-electron chi connectivity index (χ3n) is 2.60. The Morgan fingerprint density at radius 2 is 2.16 bits per heavy atom. The van der Waals surface area contributed by atoms with Gasteiger partial charge in [-0.1, -0.05) is 18.2 Å². The maximum atomic E-state index is 11.3. The van der Waals surface area contributed by atoms with Crippen LogP contribution in [0.5, 0.6) is 0 Å². The molecular weight excluding hydrogens is 244 g/mol. The van der Waals surface area contributed by atoms with Crippen LogP contribution >= 0.6 is 0 Å². The lowest BCUT2D eigenvalue weighted by Gasteiger charge is -2.07. The standard InChI is InChI=1S/C14H16N2O3/c1-2-18-13(17)8-11(15)12-9-16-14(19-12)10-6-4-3-5-7-10/h3-7,9,11H,2,8,15H2,1H3. The molecule has 5 heteroatoms. The lowest BCUT2D eigenvalue weighted by Crippen LogP contribution is -2.16. The largest absolute Gasteiger partial charge is 0.466 e. The van der Waals surface area contributed by atoms with Crippen LogP contribution in [-0.4, -0.2) is 17.6 Å². The summed E-state index contributed by atoms with van der Waals surface area (Å²) in [5.74, 6) is 0.634. The van der Waals surface area contributed by atoms with E-state index in [0.717, 1.165) is 5.56 Å². The van der Waals surface area contributed by atoms with Crippen LogP contribution < -0.4 is 5.73 Å². The molecule has 0 aliphatic carbocycles. The van der Waals surface area contributed by atoms with Crippen LogP contribution in [0, 0.1) is 0 Å². The predicted octanol–water partition coefficient (Wildman–Crippen LogP) is 2.29. The Kier molecular flexibility index (Phi) is 4.30. The number of nitrogens with two attached hydrogens (primary N) is 1. The van der Waals surface area contributed by atoms with E-state index in [-0.39, 0.29) is 12.4 Å². The number of hydrogen-bond donors (Lipinski definition) is 1. The van der Waals surface area contributed by atoms with E-state index in [4.69, 9.17) is 14.9 Å². The normalized spacial score (nSPS) is 12.1. The van der Waals surface area contributed by atoms with Crippen molar-refractivity contribution in [2.24, 2.45) is 5.73 Å². The van der Waals surface area contributed by atoms with Crippen LogP contribution in [0.1, 0.15) is 25.1 Å². The van der Waals surface area contributed by atoms with Crippen molar-refractivity contribution in [1.82, 2.24) is 4.98 Å². The van der Waals surface area contributed by atoms with Crippen molar-refractivity contribution in [3.05, 3.63) is 42.3 Å². The smallest absolute Gasteiger partial charge is 0.307 e. The van der Waals surface area contributed by atoms with Crippen LogP contribution in [0.3, 0.4) is 0 Å². The highest BCUT2D eigenvalue weighted by Crippen LogP contribution is 2.22. The molecule has 2 aromatic rings. The lowest BCUT2D eigenvalue weighted by atomic mass is 10.2. The Morgan fingerprint density at radius 1 is 1.42 bits per heavy atom. The van der Waals surface area contributed by atoms with Crippen molar-refractivity contribution in [2.75, 3.05) is 6.61 Å². The zero-order valence-electron chi connectivity index (χ0n) is 10.7. The van der Waals surface area contributed by atoms with Crippen molar-refractivity contribution in [3.8, 4) is 11.5 Å². The summed E-state index contributed by atoms with van der Waals surface area (Å²) in [6.07, 6.45) is 1.63. The van der Waals surface area contributed by atoms with Gasteiger partial charge in [0.15, 0.2) is 0 Å². The summed E-state index contributed by atoms with van der Waals surface area (Å²) in [5, 5.41) is 0. The summed E-state index contributed by atoms with van der Waals surface area (Å²) in [5.41, 5.74) is 6.76. The number of rotatable bonds is 5. The minimum Gasteiger partial charge on any atom is -0.466 e. The van der Waals surface area contributed by atoms with Gasteiger partial charge in [0.05, 0.1) is 25.3 Å². The first-order valence-electron chi connectivity index (χ1n) is 6.13. The number of oxazole rings is 1. The Hall–Kier alpha value is -2.14. The minimum atomic E-state index is -0.538. The third kappa shape index (κ3) is 3.42. The molecule has 19 heavy (non-hydrogen) atoms. The van der Waals surface area contributed by atoms with E-state index in [1.807, 2.05) is 30.3 Å². The molecule has 1 heterocycles. The maximum absolute atomic E-state index is 11.3. The van der Waals surface area contributed by atoms with Crippen molar-refractivity contribution in [1.29, 1.82) is 0 Å². The monoisotopic (exact) mass is 260 g/mol. The SMILES string of the molecule is CCOC(=O)CC(N)c1cnc(-c2ccccc2)o1. The lowest BCUT2D eigenvalue weighted by molar-refractivity contribution is -0.143. The first-order chi connectivity index (χ1) is 9.20. The summed E-state index contributed by atoms with van der Waals surface area (Å²) in [7, 11) is 0. The Labute approximate surface area is 111 Å². The van der Waals surface area contributed by atoms with Crippen LogP contribution in [0.15, 0.2) is 40.9 Å². The second-order valence-corrected chi connectivity index (χ2v) is 4.05. The van der Waals surface area contributed by atoms with E-state index in [2.05, 4.69) is 4.98 Å². The number of carbonyl (C=O) groups excluding carboxylic acids is 1. The molecule has 5 nitrogen and oxygen atoms in total. The number of carbonyl (C=O) groups is 1. The minimum absolute atomic E-state index is 0.0806. The first-order valence-corrected chi connectivity index (χ1v) is 6.13. The number of hydrogen-bond acceptors (Lipinski definition) is 5. The van der Waals surface area contributed by atoms with Crippen LogP contribution in [-0.2, 0) is 9.53 Å². The molecule has 0 aliphatic heterocycles.